The Hall–Kier alpha value is -3.02. The van der Waals surface area contributed by atoms with E-state index in [0.29, 0.717) is 17.0 Å². The highest BCUT2D eigenvalue weighted by molar-refractivity contribution is 5.95. The van der Waals surface area contributed by atoms with E-state index < -0.39 is 5.97 Å². The van der Waals surface area contributed by atoms with Gasteiger partial charge in [-0.15, -0.1) is 0 Å². The average molecular weight is 283 g/mol. The van der Waals surface area contributed by atoms with Crippen molar-refractivity contribution in [1.82, 2.24) is 9.38 Å². The molecule has 2 heterocycles. The number of aromatic nitrogens is 2. The van der Waals surface area contributed by atoms with Gasteiger partial charge in [0, 0.05) is 17.4 Å². The third-order valence-corrected chi connectivity index (χ3v) is 3.21. The third-order valence-electron chi connectivity index (χ3n) is 3.21. The van der Waals surface area contributed by atoms with E-state index in [-0.39, 0.29) is 5.69 Å². The number of carboxylic acids is 1. The van der Waals surface area contributed by atoms with E-state index in [1.54, 1.807) is 42.0 Å². The van der Waals surface area contributed by atoms with Gasteiger partial charge in [-0.1, -0.05) is 0 Å². The number of nitrogen functional groups attached to an aromatic ring is 1. The Balaban J connectivity index is 2.25. The number of methoxy groups -OCH3 is 1. The number of hydrogen-bond donors (Lipinski definition) is 2. The smallest absolute Gasteiger partial charge is 0.356 e. The normalized spacial score (nSPS) is 10.7. The zero-order valence-corrected chi connectivity index (χ0v) is 11.3. The molecule has 0 spiro atoms. The van der Waals surface area contributed by atoms with E-state index in [1.807, 2.05) is 12.1 Å². The molecule has 0 radical (unpaired) electrons. The number of benzene rings is 1. The third kappa shape index (κ3) is 2.16. The Morgan fingerprint density at radius 1 is 1.24 bits per heavy atom. The number of ether oxygens (including phenoxy) is 1. The van der Waals surface area contributed by atoms with Gasteiger partial charge >= 0.3 is 5.97 Å². The van der Waals surface area contributed by atoms with Crippen LogP contribution < -0.4 is 10.5 Å². The van der Waals surface area contributed by atoms with Gasteiger partial charge in [0.25, 0.3) is 0 Å². The minimum absolute atomic E-state index is 0.000757. The van der Waals surface area contributed by atoms with Crippen molar-refractivity contribution >= 4 is 17.2 Å². The van der Waals surface area contributed by atoms with E-state index >= 15 is 0 Å². The first-order chi connectivity index (χ1) is 10.1. The highest BCUT2D eigenvalue weighted by Gasteiger charge is 2.17. The van der Waals surface area contributed by atoms with Crippen LogP contribution in [0.1, 0.15) is 10.5 Å². The number of carboxylic acid groups (broad SMARTS) is 1. The number of aromatic carboxylic acids is 1. The summed E-state index contributed by atoms with van der Waals surface area (Å²) in [6.07, 6.45) is 1.66. The van der Waals surface area contributed by atoms with Gasteiger partial charge in [-0.3, -0.25) is 4.40 Å². The van der Waals surface area contributed by atoms with Crippen LogP contribution in [0.2, 0.25) is 0 Å². The summed E-state index contributed by atoms with van der Waals surface area (Å²) in [6.45, 7) is 0. The maximum Gasteiger partial charge on any atom is 0.356 e. The van der Waals surface area contributed by atoms with E-state index in [0.717, 1.165) is 11.3 Å². The van der Waals surface area contributed by atoms with Crippen molar-refractivity contribution < 1.29 is 14.6 Å². The number of nitrogens with two attached hydrogens (primary N) is 1. The number of rotatable bonds is 3. The van der Waals surface area contributed by atoms with E-state index in [4.69, 9.17) is 10.5 Å². The minimum Gasteiger partial charge on any atom is -0.497 e. The van der Waals surface area contributed by atoms with Crippen LogP contribution in [0.15, 0.2) is 42.6 Å². The van der Waals surface area contributed by atoms with Crippen LogP contribution >= 0.6 is 0 Å². The molecule has 0 fully saturated rings. The summed E-state index contributed by atoms with van der Waals surface area (Å²) in [5.41, 5.74) is 7.60. The fourth-order valence-electron chi connectivity index (χ4n) is 2.20. The molecule has 0 unspecified atom stereocenters. The average Bonchev–Trinajstić information content (AvgIpc) is 2.86. The Bertz CT molecular complexity index is 822. The van der Waals surface area contributed by atoms with Crippen molar-refractivity contribution in [3.05, 3.63) is 48.3 Å². The van der Waals surface area contributed by atoms with E-state index in [9.17, 15) is 9.90 Å². The Kier molecular flexibility index (Phi) is 2.98. The van der Waals surface area contributed by atoms with Crippen molar-refractivity contribution in [3.8, 4) is 17.1 Å². The molecule has 0 amide bonds. The second-order valence-corrected chi connectivity index (χ2v) is 4.54. The molecule has 3 N–H and O–H groups in total. The molecule has 6 nitrogen and oxygen atoms in total. The molecule has 0 aliphatic heterocycles. The van der Waals surface area contributed by atoms with Crippen LogP contribution in [0, 0.1) is 0 Å². The van der Waals surface area contributed by atoms with Gasteiger partial charge in [0.15, 0.2) is 5.69 Å². The lowest BCUT2D eigenvalue weighted by molar-refractivity contribution is 0.0693. The molecular weight excluding hydrogens is 270 g/mol. The first-order valence-corrected chi connectivity index (χ1v) is 6.25. The molecule has 6 heteroatoms. The van der Waals surface area contributed by atoms with Crippen LogP contribution in [-0.4, -0.2) is 27.6 Å². The van der Waals surface area contributed by atoms with E-state index in [1.165, 1.54) is 0 Å². The zero-order chi connectivity index (χ0) is 15.0. The summed E-state index contributed by atoms with van der Waals surface area (Å²) in [5, 5.41) is 9.27. The number of carbonyl (C=O) groups is 1. The fourth-order valence-corrected chi connectivity index (χ4v) is 2.20. The standard InChI is InChI=1S/C15H13N3O3/c1-21-11-5-2-9(3-6-11)14-17-13(15(19)20)12-7-4-10(16)8-18(12)14/h2-8H,16H2,1H3,(H,19,20). The first kappa shape index (κ1) is 13.0. The summed E-state index contributed by atoms with van der Waals surface area (Å²) < 4.78 is 6.79. The van der Waals surface area contributed by atoms with Crippen LogP contribution in [0.5, 0.6) is 5.75 Å². The molecule has 0 atom stereocenters. The number of anilines is 1. The van der Waals surface area contributed by atoms with Crippen molar-refractivity contribution in [2.24, 2.45) is 0 Å². The van der Waals surface area contributed by atoms with Crippen LogP contribution in [0.25, 0.3) is 16.9 Å². The van der Waals surface area contributed by atoms with Crippen molar-refractivity contribution in [2.75, 3.05) is 12.8 Å². The lowest BCUT2D eigenvalue weighted by atomic mass is 10.2. The van der Waals surface area contributed by atoms with Gasteiger partial charge in [0.1, 0.15) is 11.6 Å². The summed E-state index contributed by atoms with van der Waals surface area (Å²) >= 11 is 0. The summed E-state index contributed by atoms with van der Waals surface area (Å²) in [7, 11) is 1.59. The summed E-state index contributed by atoms with van der Waals surface area (Å²) in [6, 6.07) is 10.5. The largest absolute Gasteiger partial charge is 0.497 e. The van der Waals surface area contributed by atoms with E-state index in [2.05, 4.69) is 4.98 Å². The number of imidazole rings is 1. The second kappa shape index (κ2) is 4.82. The second-order valence-electron chi connectivity index (χ2n) is 4.54. The zero-order valence-electron chi connectivity index (χ0n) is 11.3. The monoisotopic (exact) mass is 283 g/mol. The quantitative estimate of drug-likeness (QED) is 0.769. The van der Waals surface area contributed by atoms with Crippen molar-refractivity contribution in [2.45, 2.75) is 0 Å². The van der Waals surface area contributed by atoms with Gasteiger partial charge in [-0.05, 0) is 36.4 Å². The lowest BCUT2D eigenvalue weighted by Gasteiger charge is -2.04. The Morgan fingerprint density at radius 2 is 1.95 bits per heavy atom. The highest BCUT2D eigenvalue weighted by atomic mass is 16.5. The Labute approximate surface area is 120 Å². The molecule has 0 bridgehead atoms. The molecule has 3 rings (SSSR count). The van der Waals surface area contributed by atoms with Gasteiger partial charge < -0.3 is 15.6 Å². The summed E-state index contributed by atoms with van der Waals surface area (Å²) in [4.78, 5) is 15.5. The molecule has 1 aromatic carbocycles. The minimum atomic E-state index is -1.07. The van der Waals surface area contributed by atoms with Crippen molar-refractivity contribution in [3.63, 3.8) is 0 Å². The molecule has 3 aromatic rings. The predicted molar refractivity (Wildman–Crippen MR) is 78.6 cm³/mol. The van der Waals surface area contributed by atoms with Crippen LogP contribution in [0.4, 0.5) is 5.69 Å². The highest BCUT2D eigenvalue weighted by Crippen LogP contribution is 2.25. The van der Waals surface area contributed by atoms with Crippen LogP contribution in [-0.2, 0) is 0 Å². The van der Waals surface area contributed by atoms with Crippen molar-refractivity contribution in [1.29, 1.82) is 0 Å². The fraction of sp³-hybridized carbons (Fsp3) is 0.0667. The van der Waals surface area contributed by atoms with Crippen LogP contribution in [0.3, 0.4) is 0 Å². The SMILES string of the molecule is COc1ccc(-c2nc(C(=O)O)c3ccc(N)cn23)cc1. The molecular formula is C15H13N3O3. The number of hydrogen-bond acceptors (Lipinski definition) is 4. The molecule has 0 saturated carbocycles. The molecule has 21 heavy (non-hydrogen) atoms. The molecule has 106 valence electrons. The molecule has 0 aliphatic rings. The number of nitrogens with zero attached hydrogens (tertiary/aromatic N) is 2. The first-order valence-electron chi connectivity index (χ1n) is 6.25. The Morgan fingerprint density at radius 3 is 2.57 bits per heavy atom. The molecule has 0 aliphatic carbocycles. The maximum absolute atomic E-state index is 11.3. The van der Waals surface area contributed by atoms with Gasteiger partial charge in [-0.2, -0.15) is 0 Å². The van der Waals surface area contributed by atoms with Gasteiger partial charge in [0.2, 0.25) is 0 Å². The molecule has 2 aromatic heterocycles. The predicted octanol–water partition coefficient (Wildman–Crippen LogP) is 2.29. The number of fused-ring (bicyclic) bond motifs is 1. The van der Waals surface area contributed by atoms with Gasteiger partial charge in [-0.25, -0.2) is 9.78 Å². The van der Waals surface area contributed by atoms with Gasteiger partial charge in [0.05, 0.1) is 12.6 Å². The lowest BCUT2D eigenvalue weighted by Crippen LogP contribution is -1.97. The topological polar surface area (TPSA) is 89.8 Å². The maximum atomic E-state index is 11.3. The number of pyridine rings is 1. The summed E-state index contributed by atoms with van der Waals surface area (Å²) in [5.74, 6) is 0.173. The molecule has 0 saturated heterocycles.